The lowest BCUT2D eigenvalue weighted by atomic mass is 9.99. The summed E-state index contributed by atoms with van der Waals surface area (Å²) < 4.78 is 1.60. The minimum atomic E-state index is -1.04. The maximum atomic E-state index is 12.7. The van der Waals surface area contributed by atoms with Gasteiger partial charge in [-0.25, -0.2) is 4.79 Å². The van der Waals surface area contributed by atoms with Crippen LogP contribution >= 0.6 is 0 Å². The van der Waals surface area contributed by atoms with E-state index in [1.54, 1.807) is 15.7 Å². The molecule has 0 fully saturated rings. The Hall–Kier alpha value is -2.20. The topological polar surface area (TPSA) is 47.2 Å². The molecule has 0 radical (unpaired) electrons. The zero-order chi connectivity index (χ0) is 14.8. The van der Waals surface area contributed by atoms with E-state index in [0.29, 0.717) is 18.8 Å². The molecule has 1 aliphatic heterocycles. The van der Waals surface area contributed by atoms with E-state index in [9.17, 15) is 9.90 Å². The Bertz CT molecular complexity index is 642. The van der Waals surface area contributed by atoms with Crippen molar-refractivity contribution in [2.24, 2.45) is 5.92 Å². The lowest BCUT2D eigenvalue weighted by Crippen LogP contribution is -2.66. The third kappa shape index (κ3) is 2.43. The zero-order valence-electron chi connectivity index (χ0n) is 12.0. The SMILES string of the molecule is CCC1C(=O)[n+]2ccccc2N(Cc2ccccc2)C1[O-]. The second kappa shape index (κ2) is 5.66. The normalized spacial score (nSPS) is 21.2. The Morgan fingerprint density at radius 3 is 2.57 bits per heavy atom. The standard InChI is InChI=1S/C17H18N2O2/c1-2-14-16(20)18-11-7-6-10-15(18)19(17(14)21)12-13-8-4-3-5-9-13/h3-11,14,17H,2,12H2,1H3. The van der Waals surface area contributed by atoms with Crippen molar-refractivity contribution in [3.05, 3.63) is 60.3 Å². The molecule has 21 heavy (non-hydrogen) atoms. The molecule has 0 saturated carbocycles. The van der Waals surface area contributed by atoms with Gasteiger partial charge >= 0.3 is 5.91 Å². The van der Waals surface area contributed by atoms with Crippen molar-refractivity contribution >= 4 is 11.7 Å². The van der Waals surface area contributed by atoms with Crippen molar-refractivity contribution in [1.29, 1.82) is 0 Å². The van der Waals surface area contributed by atoms with Gasteiger partial charge in [0.15, 0.2) is 0 Å². The van der Waals surface area contributed by atoms with Crippen molar-refractivity contribution in [3.8, 4) is 0 Å². The fourth-order valence-electron chi connectivity index (χ4n) is 2.83. The first-order chi connectivity index (χ1) is 10.2. The van der Waals surface area contributed by atoms with Crippen molar-refractivity contribution < 1.29 is 14.5 Å². The monoisotopic (exact) mass is 282 g/mol. The van der Waals surface area contributed by atoms with Crippen LogP contribution in [0.5, 0.6) is 0 Å². The van der Waals surface area contributed by atoms with E-state index in [4.69, 9.17) is 0 Å². The van der Waals surface area contributed by atoms with Crippen molar-refractivity contribution in [1.82, 2.24) is 0 Å². The summed E-state index contributed by atoms with van der Waals surface area (Å²) in [6.45, 7) is 2.41. The number of rotatable bonds is 3. The van der Waals surface area contributed by atoms with Crippen LogP contribution in [0.2, 0.25) is 0 Å². The third-order valence-corrected chi connectivity index (χ3v) is 3.97. The summed E-state index contributed by atoms with van der Waals surface area (Å²) in [5.74, 6) is 0.0714. The van der Waals surface area contributed by atoms with Gasteiger partial charge in [-0.2, -0.15) is 4.57 Å². The molecule has 4 nitrogen and oxygen atoms in total. The maximum absolute atomic E-state index is 12.7. The van der Waals surface area contributed by atoms with Crippen molar-refractivity contribution in [2.75, 3.05) is 4.90 Å². The van der Waals surface area contributed by atoms with E-state index in [1.165, 1.54) is 0 Å². The number of pyridine rings is 1. The van der Waals surface area contributed by atoms with E-state index >= 15 is 0 Å². The zero-order valence-corrected chi connectivity index (χ0v) is 12.0. The number of benzene rings is 1. The number of carbonyl (C=O) groups excluding carboxylic acids is 1. The average Bonchev–Trinajstić information content (AvgIpc) is 2.53. The number of fused-ring (bicyclic) bond motifs is 1. The van der Waals surface area contributed by atoms with Crippen molar-refractivity contribution in [2.45, 2.75) is 26.1 Å². The van der Waals surface area contributed by atoms with Gasteiger partial charge in [0.25, 0.3) is 5.82 Å². The number of carbonyl (C=O) groups is 1. The minimum absolute atomic E-state index is 0.0996. The van der Waals surface area contributed by atoms with E-state index < -0.39 is 12.1 Å². The first kappa shape index (κ1) is 13.8. The smallest absolute Gasteiger partial charge is 0.320 e. The molecule has 3 rings (SSSR count). The molecule has 0 aliphatic carbocycles. The largest absolute Gasteiger partial charge is 0.817 e. The molecule has 0 N–H and O–H groups in total. The van der Waals surface area contributed by atoms with Crippen molar-refractivity contribution in [3.63, 3.8) is 0 Å². The molecular weight excluding hydrogens is 264 g/mol. The van der Waals surface area contributed by atoms with Gasteiger partial charge in [0.2, 0.25) is 0 Å². The summed E-state index contributed by atoms with van der Waals surface area (Å²) in [5, 5.41) is 12.7. The predicted molar refractivity (Wildman–Crippen MR) is 77.5 cm³/mol. The van der Waals surface area contributed by atoms with E-state index in [1.807, 2.05) is 55.5 Å². The molecule has 1 aromatic carbocycles. The predicted octanol–water partition coefficient (Wildman–Crippen LogP) is 1.35. The van der Waals surface area contributed by atoms with E-state index in [0.717, 1.165) is 5.56 Å². The first-order valence-corrected chi connectivity index (χ1v) is 7.23. The number of hydrogen-bond acceptors (Lipinski definition) is 3. The molecule has 1 aromatic heterocycles. The Labute approximate surface area is 124 Å². The van der Waals surface area contributed by atoms with Crippen LogP contribution in [0.3, 0.4) is 0 Å². The highest BCUT2D eigenvalue weighted by Crippen LogP contribution is 2.24. The van der Waals surface area contributed by atoms with E-state index in [-0.39, 0.29) is 5.91 Å². The fourth-order valence-corrected chi connectivity index (χ4v) is 2.83. The molecular formula is C17H18N2O2. The molecule has 2 heterocycles. The lowest BCUT2D eigenvalue weighted by molar-refractivity contribution is -0.582. The summed E-state index contributed by atoms with van der Waals surface area (Å²) in [5.41, 5.74) is 1.07. The summed E-state index contributed by atoms with van der Waals surface area (Å²) >= 11 is 0. The Morgan fingerprint density at radius 1 is 1.14 bits per heavy atom. The van der Waals surface area contributed by atoms with Gasteiger partial charge in [-0.1, -0.05) is 43.3 Å². The quantitative estimate of drug-likeness (QED) is 0.798. The highest BCUT2D eigenvalue weighted by molar-refractivity contribution is 5.74. The molecule has 0 spiro atoms. The molecule has 2 unspecified atom stereocenters. The van der Waals surface area contributed by atoms with Gasteiger partial charge in [0.1, 0.15) is 6.54 Å². The third-order valence-electron chi connectivity index (χ3n) is 3.97. The second-order valence-electron chi connectivity index (χ2n) is 5.29. The van der Waals surface area contributed by atoms with Crippen LogP contribution in [0.15, 0.2) is 54.7 Å². The molecule has 1 aliphatic rings. The fraction of sp³-hybridized carbons (Fsp3) is 0.294. The Kier molecular flexibility index (Phi) is 3.71. The van der Waals surface area contributed by atoms with E-state index in [2.05, 4.69) is 0 Å². The number of anilines is 1. The molecule has 0 bridgehead atoms. The van der Waals surface area contributed by atoms with Gasteiger partial charge in [0, 0.05) is 12.3 Å². The second-order valence-corrected chi connectivity index (χ2v) is 5.29. The molecule has 0 saturated heterocycles. The molecule has 2 aromatic rings. The van der Waals surface area contributed by atoms with Crippen LogP contribution in [0, 0.1) is 5.92 Å². The lowest BCUT2D eigenvalue weighted by Gasteiger charge is -2.39. The van der Waals surface area contributed by atoms with Crippen LogP contribution < -0.4 is 14.6 Å². The number of nitrogens with zero attached hydrogens (tertiary/aromatic N) is 2. The molecule has 0 amide bonds. The van der Waals surface area contributed by atoms with Gasteiger partial charge in [-0.3, -0.25) is 4.90 Å². The Balaban J connectivity index is 2.01. The van der Waals surface area contributed by atoms with Crippen LogP contribution in [0.25, 0.3) is 0 Å². The highest BCUT2D eigenvalue weighted by Gasteiger charge is 2.40. The van der Waals surface area contributed by atoms with Gasteiger partial charge in [-0.05, 0) is 18.1 Å². The summed E-state index contributed by atoms with van der Waals surface area (Å²) in [7, 11) is 0. The number of aromatic nitrogens is 1. The first-order valence-electron chi connectivity index (χ1n) is 7.23. The molecule has 4 heteroatoms. The molecule has 108 valence electrons. The maximum Gasteiger partial charge on any atom is 0.320 e. The van der Waals surface area contributed by atoms with Gasteiger partial charge in [0.05, 0.1) is 12.1 Å². The highest BCUT2D eigenvalue weighted by atomic mass is 16.3. The molecule has 2 atom stereocenters. The summed E-state index contributed by atoms with van der Waals surface area (Å²) in [4.78, 5) is 14.2. The Morgan fingerprint density at radius 2 is 1.86 bits per heavy atom. The van der Waals surface area contributed by atoms with Crippen LogP contribution in [0.1, 0.15) is 23.7 Å². The summed E-state index contributed by atoms with van der Waals surface area (Å²) in [6, 6.07) is 15.4. The van der Waals surface area contributed by atoms with Crippen LogP contribution in [-0.4, -0.2) is 12.1 Å². The van der Waals surface area contributed by atoms with Crippen LogP contribution in [0.4, 0.5) is 5.82 Å². The average molecular weight is 282 g/mol. The minimum Gasteiger partial charge on any atom is -0.817 e. The summed E-state index contributed by atoms with van der Waals surface area (Å²) in [6.07, 6.45) is 1.26. The van der Waals surface area contributed by atoms with Gasteiger partial charge in [-0.15, -0.1) is 0 Å². The van der Waals surface area contributed by atoms with Gasteiger partial charge < -0.3 is 5.11 Å². The number of hydrogen-bond donors (Lipinski definition) is 0. The van der Waals surface area contributed by atoms with Crippen LogP contribution in [-0.2, 0) is 6.54 Å².